The fourth-order valence-electron chi connectivity index (χ4n) is 5.14. The Morgan fingerprint density at radius 1 is 0.703 bits per heavy atom. The average Bonchev–Trinajstić information content (AvgIpc) is 2.93. The lowest BCUT2D eigenvalue weighted by Crippen LogP contribution is -2.67. The summed E-state index contributed by atoms with van der Waals surface area (Å²) in [6.07, 6.45) is 0.0355. The van der Waals surface area contributed by atoms with Crippen molar-refractivity contribution in [2.24, 2.45) is 0 Å². The molecule has 1 atom stereocenters. The van der Waals surface area contributed by atoms with Crippen molar-refractivity contribution in [1.82, 2.24) is 0 Å². The van der Waals surface area contributed by atoms with E-state index in [0.717, 1.165) is 10.6 Å². The lowest BCUT2D eigenvalue weighted by molar-refractivity contribution is 0.0998. The maximum Gasteiger partial charge on any atom is 0.261 e. The molecule has 4 rings (SSSR count). The summed E-state index contributed by atoms with van der Waals surface area (Å²) in [6.45, 7) is 6.87. The third-order valence-electron chi connectivity index (χ3n) is 7.03. The molecule has 0 amide bonds. The first-order chi connectivity index (χ1) is 17.8. The molecule has 37 heavy (non-hydrogen) atoms. The summed E-state index contributed by atoms with van der Waals surface area (Å²) in [7, 11) is -5.64. The largest absolute Gasteiger partial charge is 0.405 e. The van der Waals surface area contributed by atoms with Crippen LogP contribution >= 0.6 is 7.14 Å². The highest BCUT2D eigenvalue weighted by atomic mass is 31.2. The Balaban J connectivity index is 1.60. The SMILES string of the molecule is CC(C)(C)[Si](OC[C@H](O)CCP(=O)(c1ccccc1)c1ccccc1)(c1ccccc1)c1ccccc1. The summed E-state index contributed by atoms with van der Waals surface area (Å²) in [6, 6.07) is 40.2. The normalized spacial score (nSPS) is 13.3. The van der Waals surface area contributed by atoms with Gasteiger partial charge in [0, 0.05) is 16.8 Å². The molecule has 4 aromatic carbocycles. The van der Waals surface area contributed by atoms with Crippen LogP contribution in [0.25, 0.3) is 0 Å². The van der Waals surface area contributed by atoms with Crippen molar-refractivity contribution in [3.8, 4) is 0 Å². The Morgan fingerprint density at radius 2 is 1.08 bits per heavy atom. The Morgan fingerprint density at radius 3 is 1.46 bits per heavy atom. The smallest absolute Gasteiger partial charge is 0.261 e. The van der Waals surface area contributed by atoms with E-state index in [1.165, 1.54) is 10.4 Å². The molecule has 0 unspecified atom stereocenters. The van der Waals surface area contributed by atoms with Crippen LogP contribution in [-0.2, 0) is 8.99 Å². The van der Waals surface area contributed by atoms with Crippen molar-refractivity contribution in [2.75, 3.05) is 12.8 Å². The lowest BCUT2D eigenvalue weighted by atomic mass is 10.2. The molecule has 0 heterocycles. The summed E-state index contributed by atoms with van der Waals surface area (Å²) in [5, 5.41) is 15.0. The van der Waals surface area contributed by atoms with Gasteiger partial charge in [0.15, 0.2) is 0 Å². The second kappa shape index (κ2) is 11.7. The Kier molecular flexibility index (Phi) is 8.66. The van der Waals surface area contributed by atoms with Gasteiger partial charge >= 0.3 is 0 Å². The van der Waals surface area contributed by atoms with Gasteiger partial charge in [0.1, 0.15) is 7.14 Å². The molecule has 0 saturated heterocycles. The maximum absolute atomic E-state index is 14.4. The van der Waals surface area contributed by atoms with Crippen LogP contribution in [0.2, 0.25) is 5.04 Å². The predicted molar refractivity (Wildman–Crippen MR) is 159 cm³/mol. The molecule has 1 N–H and O–H groups in total. The highest BCUT2D eigenvalue weighted by Gasteiger charge is 2.50. The minimum absolute atomic E-state index is 0.168. The van der Waals surface area contributed by atoms with E-state index in [9.17, 15) is 9.67 Å². The minimum atomic E-state index is -2.90. The molecule has 0 fully saturated rings. The third kappa shape index (κ3) is 5.89. The van der Waals surface area contributed by atoms with Gasteiger partial charge in [-0.1, -0.05) is 142 Å². The van der Waals surface area contributed by atoms with Crippen LogP contribution in [0, 0.1) is 0 Å². The predicted octanol–water partition coefficient (Wildman–Crippen LogP) is 5.33. The van der Waals surface area contributed by atoms with E-state index >= 15 is 0 Å². The molecule has 0 spiro atoms. The number of benzene rings is 4. The zero-order valence-electron chi connectivity index (χ0n) is 22.0. The monoisotopic (exact) mass is 528 g/mol. The van der Waals surface area contributed by atoms with Gasteiger partial charge in [0.2, 0.25) is 0 Å². The van der Waals surface area contributed by atoms with E-state index in [0.29, 0.717) is 12.6 Å². The summed E-state index contributed by atoms with van der Waals surface area (Å²) >= 11 is 0. The molecule has 0 aliphatic heterocycles. The van der Waals surface area contributed by atoms with Crippen molar-refractivity contribution in [1.29, 1.82) is 0 Å². The molecule has 3 nitrogen and oxygen atoms in total. The molecular formula is C32H37O3PSi. The second-order valence-corrected chi connectivity index (χ2v) is 17.8. The first kappa shape index (κ1) is 27.3. The highest BCUT2D eigenvalue weighted by molar-refractivity contribution is 7.78. The fraction of sp³-hybridized carbons (Fsp3) is 0.250. The van der Waals surface area contributed by atoms with Crippen LogP contribution in [0.3, 0.4) is 0 Å². The molecule has 4 aromatic rings. The Hall–Kier alpha value is -2.75. The average molecular weight is 529 g/mol. The summed E-state index contributed by atoms with van der Waals surface area (Å²) < 4.78 is 21.3. The topological polar surface area (TPSA) is 46.5 Å². The molecule has 0 aliphatic carbocycles. The first-order valence-corrected chi connectivity index (χ1v) is 16.7. The molecule has 0 aliphatic rings. The van der Waals surface area contributed by atoms with Crippen molar-refractivity contribution >= 4 is 36.4 Å². The number of rotatable bonds is 10. The van der Waals surface area contributed by atoms with E-state index in [1.54, 1.807) is 0 Å². The van der Waals surface area contributed by atoms with Crippen molar-refractivity contribution in [3.63, 3.8) is 0 Å². The Bertz CT molecular complexity index is 1210. The quantitative estimate of drug-likeness (QED) is 0.224. The summed E-state index contributed by atoms with van der Waals surface area (Å²) in [5.41, 5.74) is 0. The summed E-state index contributed by atoms with van der Waals surface area (Å²) in [5.74, 6) is 0. The molecule has 5 heteroatoms. The zero-order chi connectivity index (χ0) is 26.4. The van der Waals surface area contributed by atoms with Gasteiger partial charge in [0.25, 0.3) is 8.32 Å². The third-order valence-corrected chi connectivity index (χ3v) is 15.2. The molecule has 0 aromatic heterocycles. The van der Waals surface area contributed by atoms with Crippen molar-refractivity contribution < 1.29 is 14.1 Å². The van der Waals surface area contributed by atoms with E-state index in [2.05, 4.69) is 69.3 Å². The lowest BCUT2D eigenvalue weighted by Gasteiger charge is -2.43. The number of aliphatic hydroxyl groups is 1. The maximum atomic E-state index is 14.4. The standard InChI is InChI=1S/C32H37O3PSi/c1-32(2,3)37(30-20-12-6-13-21-30,31-22-14-7-15-23-31)35-26-27(33)24-25-36(34,28-16-8-4-9-17-28)29-18-10-5-11-19-29/h4-23,27,33H,24-26H2,1-3H3/t27-/m1/s1. The molecule has 0 radical (unpaired) electrons. The first-order valence-electron chi connectivity index (χ1n) is 12.9. The minimum Gasteiger partial charge on any atom is -0.405 e. The van der Waals surface area contributed by atoms with Crippen LogP contribution in [0.5, 0.6) is 0 Å². The van der Waals surface area contributed by atoms with Gasteiger partial charge in [-0.3, -0.25) is 0 Å². The molecule has 0 saturated carbocycles. The van der Waals surface area contributed by atoms with E-state index in [4.69, 9.17) is 4.43 Å². The van der Waals surface area contributed by atoms with E-state index in [1.807, 2.05) is 72.8 Å². The number of aliphatic hydroxyl groups excluding tert-OH is 1. The van der Waals surface area contributed by atoms with Gasteiger partial charge in [-0.05, 0) is 21.8 Å². The van der Waals surface area contributed by atoms with Crippen LogP contribution in [0.15, 0.2) is 121 Å². The van der Waals surface area contributed by atoms with Crippen LogP contribution in [-0.4, -0.2) is 32.3 Å². The fourth-order valence-corrected chi connectivity index (χ4v) is 12.5. The van der Waals surface area contributed by atoms with Gasteiger partial charge in [0.05, 0.1) is 12.7 Å². The van der Waals surface area contributed by atoms with Gasteiger partial charge < -0.3 is 14.1 Å². The highest BCUT2D eigenvalue weighted by Crippen LogP contribution is 2.44. The van der Waals surface area contributed by atoms with Gasteiger partial charge in [-0.15, -0.1) is 0 Å². The summed E-state index contributed by atoms with van der Waals surface area (Å²) in [4.78, 5) is 0. The van der Waals surface area contributed by atoms with Crippen molar-refractivity contribution in [3.05, 3.63) is 121 Å². The van der Waals surface area contributed by atoms with Crippen molar-refractivity contribution in [2.45, 2.75) is 38.3 Å². The molecule has 0 bridgehead atoms. The van der Waals surface area contributed by atoms with Gasteiger partial charge in [-0.2, -0.15) is 0 Å². The van der Waals surface area contributed by atoms with E-state index in [-0.39, 0.29) is 11.6 Å². The number of hydrogen-bond donors (Lipinski definition) is 1. The van der Waals surface area contributed by atoms with Gasteiger partial charge in [-0.25, -0.2) is 0 Å². The zero-order valence-corrected chi connectivity index (χ0v) is 23.9. The number of hydrogen-bond acceptors (Lipinski definition) is 3. The van der Waals surface area contributed by atoms with Crippen LogP contribution in [0.4, 0.5) is 0 Å². The molecular weight excluding hydrogens is 491 g/mol. The Labute approximate surface area is 222 Å². The van der Waals surface area contributed by atoms with Crippen LogP contribution in [0.1, 0.15) is 27.2 Å². The molecule has 192 valence electrons. The second-order valence-electron chi connectivity index (χ2n) is 10.6. The van der Waals surface area contributed by atoms with E-state index < -0.39 is 21.6 Å². The van der Waals surface area contributed by atoms with Crippen LogP contribution < -0.4 is 21.0 Å².